The Morgan fingerprint density at radius 3 is 0.592 bits per heavy atom. The van der Waals surface area contributed by atoms with Gasteiger partial charge in [0.15, 0.2) is 0 Å². The standard InChI is InChI=1S/2C21H21Si.Cr.2H2O.2O/c2*1-4-10-19(11-5-1)16-22(17-20-12-6-2-7-13-20)18-21-14-8-3-9-15-21;;;;;/h2*1-15H,16-18H2;;2*1H2;;/q;;+2;;;;/p-2. The summed E-state index contributed by atoms with van der Waals surface area (Å²) in [5.41, 5.74) is 4.76. The van der Waals surface area contributed by atoms with Crippen LogP contribution in [-0.2, 0) is 54.1 Å². The van der Waals surface area contributed by atoms with Gasteiger partial charge in [-0.15, -0.1) is 0 Å². The van der Waals surface area contributed by atoms with E-state index in [0.29, 0.717) is 0 Å². The molecule has 0 radical (unpaired) electrons. The minimum absolute atomic E-state index is 0.0695. The van der Waals surface area contributed by atoms with Crippen LogP contribution in [0.3, 0.4) is 0 Å². The molecule has 49 heavy (non-hydrogen) atoms. The number of hydrogen-bond donors (Lipinski definition) is 2. The van der Waals surface area contributed by atoms with Crippen molar-refractivity contribution in [2.45, 2.75) is 36.3 Å². The Morgan fingerprint density at radius 2 is 0.449 bits per heavy atom. The van der Waals surface area contributed by atoms with Crippen LogP contribution in [0.1, 0.15) is 33.4 Å². The van der Waals surface area contributed by atoms with E-state index in [1.165, 1.54) is 0 Å². The molecule has 6 aromatic rings. The molecule has 6 aromatic carbocycles. The summed E-state index contributed by atoms with van der Waals surface area (Å²) >= 11 is 0. The van der Waals surface area contributed by atoms with E-state index in [1.54, 1.807) is 0 Å². The Morgan fingerprint density at radius 1 is 0.306 bits per heavy atom. The number of benzene rings is 6. The molecule has 2 N–H and O–H groups in total. The first-order valence-corrected chi connectivity index (χ1v) is 27.9. The maximum atomic E-state index is 17.0. The SMILES string of the molecule is [O]=[Cr](=[O])([OH])([OH])([Si](Cc1ccccc1)(Cc1ccccc1)Cc1ccccc1)[Si](Cc1ccccc1)(Cc1ccccc1)Cc1ccccc1. The van der Waals surface area contributed by atoms with Crippen LogP contribution in [0, 0.1) is 0 Å². The fourth-order valence-electron chi connectivity index (χ4n) is 7.60. The molecule has 0 aliphatic carbocycles. The third-order valence-corrected chi connectivity index (χ3v) is 53.0. The zero-order valence-corrected chi connectivity index (χ0v) is 31.0. The van der Waals surface area contributed by atoms with Crippen LogP contribution in [0.15, 0.2) is 182 Å². The topological polar surface area (TPSA) is 74.6 Å². The van der Waals surface area contributed by atoms with Crippen molar-refractivity contribution in [2.75, 3.05) is 0 Å². The second-order valence-corrected chi connectivity index (χ2v) is 41.6. The van der Waals surface area contributed by atoms with Crippen LogP contribution in [-0.4, -0.2) is 21.6 Å². The van der Waals surface area contributed by atoms with E-state index >= 15 is 7.61 Å². The first kappa shape index (κ1) is 34.7. The van der Waals surface area contributed by atoms with Crippen LogP contribution in [0.4, 0.5) is 0 Å². The van der Waals surface area contributed by atoms with Crippen LogP contribution >= 0.6 is 0 Å². The molecule has 0 aromatic heterocycles. The summed E-state index contributed by atoms with van der Waals surface area (Å²) in [5.74, 6) is 0. The van der Waals surface area contributed by atoms with Gasteiger partial charge < -0.3 is 0 Å². The van der Waals surface area contributed by atoms with E-state index in [0.717, 1.165) is 33.4 Å². The molecular formula is C42H44CrO4Si2. The van der Waals surface area contributed by atoms with Crippen LogP contribution in [0.5, 0.6) is 0 Å². The summed E-state index contributed by atoms with van der Waals surface area (Å²) in [6.45, 7) is -8.73. The molecule has 0 atom stereocenters. The van der Waals surface area contributed by atoms with Crippen molar-refractivity contribution in [2.24, 2.45) is 0 Å². The van der Waals surface area contributed by atoms with Crippen molar-refractivity contribution in [3.05, 3.63) is 215 Å². The fraction of sp³-hybridized carbons (Fsp3) is 0.143. The molecule has 0 saturated carbocycles. The summed E-state index contributed by atoms with van der Waals surface area (Å²) in [4.78, 5) is 0. The summed E-state index contributed by atoms with van der Waals surface area (Å²) in [6.07, 6.45) is 0. The number of hydrogen-bond acceptors (Lipinski definition) is 2. The molecule has 0 aliphatic heterocycles. The molecule has 7 heteroatoms. The van der Waals surface area contributed by atoms with Gasteiger partial charge in [-0.05, 0) is 0 Å². The summed E-state index contributed by atoms with van der Waals surface area (Å²) < 4.78 is 61.5. The summed E-state index contributed by atoms with van der Waals surface area (Å²) in [7, 11) is -8.48. The Kier molecular flexibility index (Phi) is 9.63. The van der Waals surface area contributed by atoms with E-state index in [4.69, 9.17) is 0 Å². The second-order valence-electron chi connectivity index (χ2n) is 13.6. The Labute approximate surface area is 289 Å². The van der Waals surface area contributed by atoms with Crippen molar-refractivity contribution < 1.29 is 26.1 Å². The van der Waals surface area contributed by atoms with E-state index in [-0.39, 0.29) is 36.3 Å². The average Bonchev–Trinajstić information content (AvgIpc) is 3.10. The normalized spacial score (nSPS) is 13.7. The van der Waals surface area contributed by atoms with Crippen molar-refractivity contribution in [3.8, 4) is 0 Å². The zero-order chi connectivity index (χ0) is 34.3. The molecule has 0 amide bonds. The minimum atomic E-state index is -8.48. The van der Waals surface area contributed by atoms with Gasteiger partial charge in [0, 0.05) is 0 Å². The molecule has 0 heterocycles. The van der Waals surface area contributed by atoms with Gasteiger partial charge in [0.1, 0.15) is 0 Å². The molecular weight excluding hydrogens is 677 g/mol. The third kappa shape index (κ3) is 7.11. The molecule has 6 rings (SSSR count). The molecule has 0 unspecified atom stereocenters. The van der Waals surface area contributed by atoms with Gasteiger partial charge in [0.25, 0.3) is 0 Å². The predicted octanol–water partition coefficient (Wildman–Crippen LogP) is 8.30. The van der Waals surface area contributed by atoms with Gasteiger partial charge in [0.05, 0.1) is 0 Å². The van der Waals surface area contributed by atoms with Gasteiger partial charge >= 0.3 is 291 Å². The maximum absolute atomic E-state index is 17.0. The monoisotopic (exact) mass is 720 g/mol. The van der Waals surface area contributed by atoms with Crippen molar-refractivity contribution in [3.63, 3.8) is 0 Å². The molecule has 0 saturated heterocycles. The third-order valence-electron chi connectivity index (χ3n) is 10.1. The first-order valence-electron chi connectivity index (χ1n) is 16.8. The fourth-order valence-corrected chi connectivity index (χ4v) is 51.7. The van der Waals surface area contributed by atoms with Gasteiger partial charge in [0.2, 0.25) is 0 Å². The van der Waals surface area contributed by atoms with Crippen LogP contribution in [0.2, 0.25) is 0 Å². The van der Waals surface area contributed by atoms with E-state index in [9.17, 15) is 8.32 Å². The number of rotatable bonds is 14. The summed E-state index contributed by atoms with van der Waals surface area (Å²) in [6, 6.07) is 57.8. The van der Waals surface area contributed by atoms with E-state index in [1.807, 2.05) is 182 Å². The Bertz CT molecular complexity index is 1780. The van der Waals surface area contributed by atoms with Crippen molar-refractivity contribution in [1.82, 2.24) is 0 Å². The molecule has 0 aliphatic rings. The van der Waals surface area contributed by atoms with Crippen molar-refractivity contribution in [1.29, 1.82) is 0 Å². The van der Waals surface area contributed by atoms with Crippen molar-refractivity contribution >= 4 is 13.3 Å². The second kappa shape index (κ2) is 13.6. The van der Waals surface area contributed by atoms with Gasteiger partial charge in [-0.2, -0.15) is 0 Å². The Balaban J connectivity index is 1.73. The summed E-state index contributed by atoms with van der Waals surface area (Å²) in [5, 5.41) is 0. The predicted molar refractivity (Wildman–Crippen MR) is 198 cm³/mol. The van der Waals surface area contributed by atoms with E-state index in [2.05, 4.69) is 0 Å². The molecule has 0 fully saturated rings. The van der Waals surface area contributed by atoms with Gasteiger partial charge in [-0.1, -0.05) is 0 Å². The quantitative estimate of drug-likeness (QED) is 0.111. The Hall–Kier alpha value is -4.19. The molecule has 0 bridgehead atoms. The van der Waals surface area contributed by atoms with E-state index < -0.39 is 23.4 Å². The zero-order valence-electron chi connectivity index (χ0n) is 27.7. The van der Waals surface area contributed by atoms with Crippen LogP contribution in [0.25, 0.3) is 0 Å². The van der Waals surface area contributed by atoms with Crippen LogP contribution < -0.4 is 0 Å². The average molecular weight is 721 g/mol. The molecule has 0 spiro atoms. The first-order chi connectivity index (χ1) is 23.5. The molecule has 250 valence electrons. The molecule has 4 nitrogen and oxygen atoms in total. The van der Waals surface area contributed by atoms with Gasteiger partial charge in [-0.3, -0.25) is 0 Å². The van der Waals surface area contributed by atoms with Gasteiger partial charge in [-0.25, -0.2) is 0 Å².